The van der Waals surface area contributed by atoms with Crippen molar-refractivity contribution in [3.05, 3.63) is 70.1 Å². The largest absolute Gasteiger partial charge is 0.323 e. The first kappa shape index (κ1) is 23.1. The molecule has 0 saturated carbocycles. The van der Waals surface area contributed by atoms with E-state index in [1.165, 1.54) is 33.5 Å². The van der Waals surface area contributed by atoms with Gasteiger partial charge >= 0.3 is 0 Å². The predicted octanol–water partition coefficient (Wildman–Crippen LogP) is 7.33. The number of para-hydroxylation sites is 1. The van der Waals surface area contributed by atoms with E-state index >= 15 is 0 Å². The van der Waals surface area contributed by atoms with E-state index in [1.54, 1.807) is 22.7 Å². The highest BCUT2D eigenvalue weighted by molar-refractivity contribution is 7.80. The number of thiocarbonyl (C=S) groups is 1. The Bertz CT molecular complexity index is 1340. The fraction of sp³-hybridized carbons (Fsp3) is 0.296. The maximum Gasteiger partial charge on any atom is 0.257 e. The van der Waals surface area contributed by atoms with Crippen LogP contribution in [0.4, 0.5) is 5.00 Å². The molecule has 1 aliphatic carbocycles. The van der Waals surface area contributed by atoms with Gasteiger partial charge in [-0.25, -0.2) is 4.98 Å². The van der Waals surface area contributed by atoms with E-state index in [2.05, 4.69) is 43.5 Å². The molecule has 34 heavy (non-hydrogen) atoms. The third kappa shape index (κ3) is 4.65. The Morgan fingerprint density at radius 3 is 2.47 bits per heavy atom. The molecule has 0 bridgehead atoms. The number of nitrogens with one attached hydrogen (secondary N) is 2. The second kappa shape index (κ2) is 9.21. The number of benzene rings is 2. The summed E-state index contributed by atoms with van der Waals surface area (Å²) in [5, 5.41) is 8.48. The molecule has 5 rings (SSSR count). The van der Waals surface area contributed by atoms with E-state index in [9.17, 15) is 4.79 Å². The Morgan fingerprint density at radius 1 is 1.00 bits per heavy atom. The molecule has 1 amide bonds. The lowest BCUT2D eigenvalue weighted by molar-refractivity contribution is 0.0977. The van der Waals surface area contributed by atoms with Crippen molar-refractivity contribution in [2.45, 2.75) is 51.9 Å². The molecule has 0 aliphatic heterocycles. The van der Waals surface area contributed by atoms with E-state index in [0.717, 1.165) is 33.9 Å². The van der Waals surface area contributed by atoms with Crippen molar-refractivity contribution in [2.24, 2.45) is 0 Å². The van der Waals surface area contributed by atoms with Gasteiger partial charge in [0.15, 0.2) is 5.11 Å². The van der Waals surface area contributed by atoms with Crippen molar-refractivity contribution in [1.82, 2.24) is 10.3 Å². The van der Waals surface area contributed by atoms with Crippen LogP contribution in [-0.2, 0) is 18.3 Å². The van der Waals surface area contributed by atoms with Crippen molar-refractivity contribution in [2.75, 3.05) is 5.32 Å². The van der Waals surface area contributed by atoms with Gasteiger partial charge in [-0.1, -0.05) is 45.0 Å². The van der Waals surface area contributed by atoms with Crippen LogP contribution in [0, 0.1) is 0 Å². The Kier molecular flexibility index (Phi) is 6.27. The van der Waals surface area contributed by atoms with Crippen molar-refractivity contribution < 1.29 is 4.79 Å². The van der Waals surface area contributed by atoms with Gasteiger partial charge in [0.25, 0.3) is 5.91 Å². The molecule has 7 heteroatoms. The first-order valence-electron chi connectivity index (χ1n) is 11.5. The highest BCUT2D eigenvalue weighted by Crippen LogP contribution is 2.46. The molecule has 0 unspecified atom stereocenters. The summed E-state index contributed by atoms with van der Waals surface area (Å²) < 4.78 is 1.17. The van der Waals surface area contributed by atoms with E-state index in [-0.39, 0.29) is 11.3 Å². The number of hydrogen-bond donors (Lipinski definition) is 2. The van der Waals surface area contributed by atoms with Crippen LogP contribution in [-0.4, -0.2) is 16.0 Å². The number of anilines is 1. The third-order valence-electron chi connectivity index (χ3n) is 6.15. The van der Waals surface area contributed by atoms with E-state index in [1.807, 2.05) is 36.4 Å². The smallest absolute Gasteiger partial charge is 0.257 e. The zero-order valence-electron chi connectivity index (χ0n) is 19.5. The molecule has 2 aromatic heterocycles. The highest BCUT2D eigenvalue weighted by atomic mass is 32.1. The molecule has 2 aromatic carbocycles. The van der Waals surface area contributed by atoms with Gasteiger partial charge in [0.2, 0.25) is 0 Å². The maximum atomic E-state index is 12.8. The lowest BCUT2D eigenvalue weighted by atomic mass is 9.87. The minimum atomic E-state index is -0.208. The summed E-state index contributed by atoms with van der Waals surface area (Å²) in [5.74, 6) is -0.208. The Balaban J connectivity index is 1.39. The van der Waals surface area contributed by atoms with Crippen LogP contribution in [0.2, 0.25) is 0 Å². The van der Waals surface area contributed by atoms with Crippen LogP contribution in [0.15, 0.2) is 48.5 Å². The number of aromatic nitrogens is 1. The van der Waals surface area contributed by atoms with Crippen LogP contribution in [0.5, 0.6) is 0 Å². The summed E-state index contributed by atoms with van der Waals surface area (Å²) in [4.78, 5) is 19.1. The minimum Gasteiger partial charge on any atom is -0.323 e. The second-order valence-electron chi connectivity index (χ2n) is 9.64. The van der Waals surface area contributed by atoms with Gasteiger partial charge in [0, 0.05) is 16.0 Å². The molecule has 0 saturated heterocycles. The Labute approximate surface area is 213 Å². The monoisotopic (exact) mass is 505 g/mol. The van der Waals surface area contributed by atoms with E-state index in [0.29, 0.717) is 10.7 Å². The zero-order valence-corrected chi connectivity index (χ0v) is 22.0. The zero-order chi connectivity index (χ0) is 23.9. The van der Waals surface area contributed by atoms with Crippen LogP contribution < -0.4 is 10.6 Å². The Morgan fingerprint density at radius 2 is 1.74 bits per heavy atom. The van der Waals surface area contributed by atoms with Gasteiger partial charge in [-0.3, -0.25) is 10.1 Å². The number of aryl methyl sites for hydroxylation is 1. The average Bonchev–Trinajstić information content (AvgIpc) is 3.38. The molecule has 0 radical (unpaired) electrons. The number of carbonyl (C=O) groups excluding carboxylic acids is 1. The van der Waals surface area contributed by atoms with Crippen LogP contribution >= 0.6 is 34.9 Å². The van der Waals surface area contributed by atoms with E-state index in [4.69, 9.17) is 17.2 Å². The van der Waals surface area contributed by atoms with Crippen molar-refractivity contribution in [3.63, 3.8) is 0 Å². The molecule has 174 valence electrons. The average molecular weight is 506 g/mol. The van der Waals surface area contributed by atoms with Gasteiger partial charge in [-0.15, -0.1) is 22.7 Å². The number of nitrogens with zero attached hydrogens (tertiary/aromatic N) is 1. The number of carbonyl (C=O) groups is 1. The fourth-order valence-corrected chi connectivity index (χ4v) is 6.95. The molecule has 2 heterocycles. The highest BCUT2D eigenvalue weighted by Gasteiger charge is 2.25. The number of fused-ring (bicyclic) bond motifs is 2. The quantitative estimate of drug-likeness (QED) is 0.286. The van der Waals surface area contributed by atoms with Gasteiger partial charge in [-0.05, 0) is 78.7 Å². The third-order valence-corrected chi connectivity index (χ3v) is 8.61. The van der Waals surface area contributed by atoms with E-state index < -0.39 is 0 Å². The normalized spacial score (nSPS) is 13.5. The standard InChI is InChI=1S/C27H27N3OS3/c1-27(2,3)17-14-12-16(13-15-17)23(31)29-26(32)30-25-22(18-8-4-6-10-20(18)33-25)24-28-19-9-5-7-11-21(19)34-24/h5,7,9,11-15H,4,6,8,10H2,1-3H3,(H2,29,30,31,32). The molecule has 0 fully saturated rings. The molecule has 1 aliphatic rings. The molecule has 4 nitrogen and oxygen atoms in total. The molecule has 2 N–H and O–H groups in total. The number of amides is 1. The van der Waals surface area contributed by atoms with Crippen LogP contribution in [0.3, 0.4) is 0 Å². The molecule has 0 spiro atoms. The number of hydrogen-bond acceptors (Lipinski definition) is 5. The van der Waals surface area contributed by atoms with Crippen LogP contribution in [0.1, 0.15) is 60.0 Å². The van der Waals surface area contributed by atoms with Gasteiger partial charge in [0.1, 0.15) is 10.0 Å². The predicted molar refractivity (Wildman–Crippen MR) is 148 cm³/mol. The van der Waals surface area contributed by atoms with Gasteiger partial charge in [-0.2, -0.15) is 0 Å². The van der Waals surface area contributed by atoms with Crippen molar-refractivity contribution in [3.8, 4) is 10.6 Å². The number of thiazole rings is 1. The molecular formula is C27H27N3OS3. The van der Waals surface area contributed by atoms with Crippen molar-refractivity contribution >= 4 is 61.1 Å². The Hall–Kier alpha value is -2.61. The first-order valence-corrected chi connectivity index (χ1v) is 13.6. The first-order chi connectivity index (χ1) is 16.3. The summed E-state index contributed by atoms with van der Waals surface area (Å²) in [6.07, 6.45) is 4.53. The molecular weight excluding hydrogens is 479 g/mol. The summed E-state index contributed by atoms with van der Waals surface area (Å²) in [5.41, 5.74) is 5.36. The lowest BCUT2D eigenvalue weighted by Gasteiger charge is -2.19. The molecule has 0 atom stereocenters. The molecule has 4 aromatic rings. The lowest BCUT2D eigenvalue weighted by Crippen LogP contribution is -2.34. The fourth-order valence-electron chi connectivity index (χ4n) is 4.29. The van der Waals surface area contributed by atoms with Gasteiger partial charge < -0.3 is 5.32 Å². The number of rotatable bonds is 3. The summed E-state index contributed by atoms with van der Waals surface area (Å²) in [6.45, 7) is 6.47. The topological polar surface area (TPSA) is 54.0 Å². The minimum absolute atomic E-state index is 0.0428. The van der Waals surface area contributed by atoms with Crippen LogP contribution in [0.25, 0.3) is 20.8 Å². The van der Waals surface area contributed by atoms with Crippen molar-refractivity contribution in [1.29, 1.82) is 0 Å². The number of thiophene rings is 1. The van der Waals surface area contributed by atoms with Gasteiger partial charge in [0.05, 0.1) is 10.2 Å². The maximum absolute atomic E-state index is 12.8. The SMILES string of the molecule is CC(C)(C)c1ccc(C(=O)NC(=S)Nc2sc3c(c2-c2nc4ccccc4s2)CCCC3)cc1. The second-order valence-corrected chi connectivity index (χ2v) is 12.2. The summed E-state index contributed by atoms with van der Waals surface area (Å²) in [6, 6.07) is 15.9. The summed E-state index contributed by atoms with van der Waals surface area (Å²) in [7, 11) is 0. The summed E-state index contributed by atoms with van der Waals surface area (Å²) >= 11 is 9.01.